The van der Waals surface area contributed by atoms with Gasteiger partial charge in [-0.25, -0.2) is 4.39 Å². The monoisotopic (exact) mass is 287 g/mol. The minimum Gasteiger partial charge on any atom is -0.355 e. The van der Waals surface area contributed by atoms with E-state index in [2.05, 4.69) is 10.6 Å². The summed E-state index contributed by atoms with van der Waals surface area (Å²) in [6, 6.07) is 1.29. The molecule has 1 amide bonds. The number of rotatable bonds is 7. The molecule has 0 bridgehead atoms. The highest BCUT2D eigenvalue weighted by Crippen LogP contribution is 2.21. The summed E-state index contributed by atoms with van der Waals surface area (Å²) in [4.78, 5) is 20.9. The molecule has 0 fully saturated rings. The third-order valence-electron chi connectivity index (χ3n) is 2.49. The summed E-state index contributed by atoms with van der Waals surface area (Å²) >= 11 is 0. The number of amides is 1. The fraction of sp³-hybridized carbons (Fsp3) is 0.417. The third kappa shape index (κ3) is 4.54. The van der Waals surface area contributed by atoms with Crippen molar-refractivity contribution in [3.63, 3.8) is 0 Å². The van der Waals surface area contributed by atoms with E-state index in [0.717, 1.165) is 12.5 Å². The Hall–Kier alpha value is -2.09. The minimum absolute atomic E-state index is 0.0510. The first-order valence-corrected chi connectivity index (χ1v) is 6.05. The van der Waals surface area contributed by atoms with Gasteiger partial charge in [0.2, 0.25) is 11.7 Å². The van der Waals surface area contributed by atoms with Crippen molar-refractivity contribution >= 4 is 11.6 Å². The number of nitrogens with one attached hydrogen (secondary N) is 2. The molecule has 110 valence electrons. The summed E-state index contributed by atoms with van der Waals surface area (Å²) in [5, 5.41) is 15.8. The molecule has 1 aromatic rings. The maximum atomic E-state index is 13.4. The average molecular weight is 287 g/mol. The molecular weight excluding hydrogens is 272 g/mol. The van der Waals surface area contributed by atoms with E-state index in [9.17, 15) is 23.7 Å². The van der Waals surface area contributed by atoms with Crippen molar-refractivity contribution in [2.24, 2.45) is 0 Å². The molecule has 1 aromatic carbocycles. The second-order valence-electron chi connectivity index (χ2n) is 4.11. The molecule has 1 rings (SSSR count). The van der Waals surface area contributed by atoms with E-state index in [1.165, 1.54) is 0 Å². The van der Waals surface area contributed by atoms with Crippen LogP contribution in [0.1, 0.15) is 18.9 Å². The van der Waals surface area contributed by atoms with Gasteiger partial charge in [0.1, 0.15) is 5.82 Å². The number of hydrogen-bond donors (Lipinski definition) is 2. The fourth-order valence-corrected chi connectivity index (χ4v) is 1.49. The van der Waals surface area contributed by atoms with Crippen LogP contribution in [-0.4, -0.2) is 23.9 Å². The van der Waals surface area contributed by atoms with Gasteiger partial charge in [-0.05, 0) is 6.42 Å². The zero-order valence-corrected chi connectivity index (χ0v) is 10.9. The van der Waals surface area contributed by atoms with Gasteiger partial charge in [-0.2, -0.15) is 4.39 Å². The molecule has 0 atom stereocenters. The second kappa shape index (κ2) is 7.49. The van der Waals surface area contributed by atoms with Crippen LogP contribution in [-0.2, 0) is 11.3 Å². The topological polar surface area (TPSA) is 84.3 Å². The van der Waals surface area contributed by atoms with Crippen LogP contribution in [0.2, 0.25) is 0 Å². The molecule has 0 saturated carbocycles. The van der Waals surface area contributed by atoms with Gasteiger partial charge >= 0.3 is 5.69 Å². The Morgan fingerprint density at radius 1 is 1.35 bits per heavy atom. The van der Waals surface area contributed by atoms with Crippen molar-refractivity contribution in [3.8, 4) is 0 Å². The molecule has 20 heavy (non-hydrogen) atoms. The maximum Gasteiger partial charge on any atom is 0.305 e. The highest BCUT2D eigenvalue weighted by atomic mass is 19.1. The predicted molar refractivity (Wildman–Crippen MR) is 68.0 cm³/mol. The van der Waals surface area contributed by atoms with Crippen LogP contribution in [0.3, 0.4) is 0 Å². The van der Waals surface area contributed by atoms with Gasteiger partial charge in [0, 0.05) is 30.8 Å². The lowest BCUT2D eigenvalue weighted by Crippen LogP contribution is -2.34. The summed E-state index contributed by atoms with van der Waals surface area (Å²) in [5.41, 5.74) is -0.861. The Morgan fingerprint density at radius 3 is 2.65 bits per heavy atom. The Balaban J connectivity index is 2.62. The second-order valence-corrected chi connectivity index (χ2v) is 4.11. The number of halogens is 2. The molecule has 0 unspecified atom stereocenters. The Morgan fingerprint density at radius 2 is 2.05 bits per heavy atom. The standard InChI is InChI=1S/C12H15F2N3O3/c1-2-3-16-12(18)7-15-6-8-4-11(17(19)20)10(14)5-9(8)13/h4-5,15H,2-3,6-7H2,1H3,(H,16,18). The zero-order chi connectivity index (χ0) is 15.1. The molecule has 0 heterocycles. The van der Waals surface area contributed by atoms with E-state index in [1.54, 1.807) is 0 Å². The van der Waals surface area contributed by atoms with Crippen LogP contribution >= 0.6 is 0 Å². The number of carbonyl (C=O) groups excluding carboxylic acids is 1. The van der Waals surface area contributed by atoms with Crippen molar-refractivity contribution in [2.75, 3.05) is 13.1 Å². The first-order chi connectivity index (χ1) is 9.45. The number of nitro groups is 1. The largest absolute Gasteiger partial charge is 0.355 e. The lowest BCUT2D eigenvalue weighted by molar-refractivity contribution is -0.387. The molecule has 0 saturated heterocycles. The van der Waals surface area contributed by atoms with E-state index >= 15 is 0 Å². The summed E-state index contributed by atoms with van der Waals surface area (Å²) in [6.45, 7) is 2.29. The van der Waals surface area contributed by atoms with Gasteiger partial charge < -0.3 is 10.6 Å². The SMILES string of the molecule is CCCNC(=O)CNCc1cc([N+](=O)[O-])c(F)cc1F. The lowest BCUT2D eigenvalue weighted by atomic mass is 10.2. The van der Waals surface area contributed by atoms with Crippen LogP contribution in [0.4, 0.5) is 14.5 Å². The maximum absolute atomic E-state index is 13.4. The third-order valence-corrected chi connectivity index (χ3v) is 2.49. The van der Waals surface area contributed by atoms with Crippen molar-refractivity contribution in [1.29, 1.82) is 0 Å². The van der Waals surface area contributed by atoms with E-state index < -0.39 is 22.2 Å². The summed E-state index contributed by atoms with van der Waals surface area (Å²) < 4.78 is 26.5. The summed E-state index contributed by atoms with van der Waals surface area (Å²) in [7, 11) is 0. The number of benzene rings is 1. The van der Waals surface area contributed by atoms with Crippen molar-refractivity contribution < 1.29 is 18.5 Å². The van der Waals surface area contributed by atoms with Gasteiger partial charge in [-0.3, -0.25) is 14.9 Å². The Labute approximate surface area is 114 Å². The Bertz CT molecular complexity index is 509. The molecule has 0 aliphatic rings. The normalized spacial score (nSPS) is 10.3. The molecule has 6 nitrogen and oxygen atoms in total. The van der Waals surface area contributed by atoms with Crippen LogP contribution in [0.25, 0.3) is 0 Å². The molecular formula is C12H15F2N3O3. The Kier molecular flexibility index (Phi) is 5.98. The molecule has 0 aliphatic carbocycles. The summed E-state index contributed by atoms with van der Waals surface area (Å²) in [5.74, 6) is -2.38. The van der Waals surface area contributed by atoms with E-state index in [-0.39, 0.29) is 24.6 Å². The molecule has 0 radical (unpaired) electrons. The highest BCUT2D eigenvalue weighted by Gasteiger charge is 2.18. The van der Waals surface area contributed by atoms with Crippen LogP contribution in [0.5, 0.6) is 0 Å². The van der Waals surface area contributed by atoms with Crippen molar-refractivity contribution in [1.82, 2.24) is 10.6 Å². The number of carbonyl (C=O) groups is 1. The van der Waals surface area contributed by atoms with Gasteiger partial charge in [0.25, 0.3) is 0 Å². The number of nitrogens with zero attached hydrogens (tertiary/aromatic N) is 1. The van der Waals surface area contributed by atoms with Crippen molar-refractivity contribution in [2.45, 2.75) is 19.9 Å². The minimum atomic E-state index is -1.23. The van der Waals surface area contributed by atoms with E-state index in [4.69, 9.17) is 0 Å². The van der Waals surface area contributed by atoms with Crippen LogP contribution < -0.4 is 10.6 Å². The first-order valence-electron chi connectivity index (χ1n) is 6.05. The first kappa shape index (κ1) is 16.0. The average Bonchev–Trinajstić information content (AvgIpc) is 2.38. The quantitative estimate of drug-likeness (QED) is 0.588. The van der Waals surface area contributed by atoms with E-state index in [1.807, 2.05) is 6.92 Å². The lowest BCUT2D eigenvalue weighted by Gasteiger charge is -2.07. The molecule has 0 aliphatic heterocycles. The highest BCUT2D eigenvalue weighted by molar-refractivity contribution is 5.77. The number of hydrogen-bond acceptors (Lipinski definition) is 4. The molecule has 2 N–H and O–H groups in total. The van der Waals surface area contributed by atoms with Gasteiger partial charge in [-0.15, -0.1) is 0 Å². The predicted octanol–water partition coefficient (Wildman–Crippen LogP) is 1.49. The molecule has 8 heteroatoms. The van der Waals surface area contributed by atoms with E-state index in [0.29, 0.717) is 12.6 Å². The molecule has 0 spiro atoms. The van der Waals surface area contributed by atoms with Gasteiger partial charge in [0.15, 0.2) is 0 Å². The molecule has 0 aromatic heterocycles. The number of nitro benzene ring substituents is 1. The van der Waals surface area contributed by atoms with Crippen LogP contribution in [0, 0.1) is 21.7 Å². The smallest absolute Gasteiger partial charge is 0.305 e. The zero-order valence-electron chi connectivity index (χ0n) is 10.9. The summed E-state index contributed by atoms with van der Waals surface area (Å²) in [6.07, 6.45) is 0.796. The van der Waals surface area contributed by atoms with Crippen molar-refractivity contribution in [3.05, 3.63) is 39.4 Å². The van der Waals surface area contributed by atoms with Crippen LogP contribution in [0.15, 0.2) is 12.1 Å². The fourth-order valence-electron chi connectivity index (χ4n) is 1.49. The van der Waals surface area contributed by atoms with Gasteiger partial charge in [0.05, 0.1) is 11.5 Å². The van der Waals surface area contributed by atoms with Gasteiger partial charge in [-0.1, -0.05) is 6.92 Å².